The monoisotopic (exact) mass is 248 g/mol. The Morgan fingerprint density at radius 1 is 1.00 bits per heavy atom. The summed E-state index contributed by atoms with van der Waals surface area (Å²) in [6, 6.07) is 10.3. The SMILES string of the molecule is C.C.C.CCc1c(C)nn(-c2ccccc2)c1C. The van der Waals surface area contributed by atoms with E-state index in [-0.39, 0.29) is 22.3 Å². The molecule has 2 rings (SSSR count). The lowest BCUT2D eigenvalue weighted by Gasteiger charge is -2.03. The lowest BCUT2D eigenvalue weighted by Crippen LogP contribution is -1.98. The number of hydrogen-bond acceptors (Lipinski definition) is 1. The minimum Gasteiger partial charge on any atom is -0.238 e. The van der Waals surface area contributed by atoms with Crippen molar-refractivity contribution < 1.29 is 0 Å². The Bertz CT molecular complexity index is 455. The fourth-order valence-electron chi connectivity index (χ4n) is 2.01. The van der Waals surface area contributed by atoms with Crippen LogP contribution < -0.4 is 0 Å². The normalized spacial score (nSPS) is 8.83. The van der Waals surface area contributed by atoms with Gasteiger partial charge in [-0.25, -0.2) is 4.68 Å². The van der Waals surface area contributed by atoms with Gasteiger partial charge in [0.1, 0.15) is 0 Å². The molecule has 0 N–H and O–H groups in total. The van der Waals surface area contributed by atoms with E-state index in [4.69, 9.17) is 0 Å². The molecule has 1 aromatic heterocycles. The Morgan fingerprint density at radius 3 is 2.00 bits per heavy atom. The molecule has 1 heterocycles. The topological polar surface area (TPSA) is 17.8 Å². The van der Waals surface area contributed by atoms with Crippen molar-refractivity contribution in [3.05, 3.63) is 47.3 Å². The maximum atomic E-state index is 4.57. The lowest BCUT2D eigenvalue weighted by molar-refractivity contribution is 0.832. The maximum absolute atomic E-state index is 4.57. The predicted octanol–water partition coefficient (Wildman–Crippen LogP) is 4.96. The first-order valence-electron chi connectivity index (χ1n) is 5.34. The summed E-state index contributed by atoms with van der Waals surface area (Å²) >= 11 is 0. The quantitative estimate of drug-likeness (QED) is 0.734. The van der Waals surface area contributed by atoms with Crippen LogP contribution in [0.25, 0.3) is 5.69 Å². The van der Waals surface area contributed by atoms with Gasteiger partial charge in [-0.3, -0.25) is 0 Å². The first kappa shape index (κ1) is 18.8. The zero-order chi connectivity index (χ0) is 10.8. The van der Waals surface area contributed by atoms with Gasteiger partial charge in [0.05, 0.1) is 11.4 Å². The molecule has 0 radical (unpaired) electrons. The number of benzene rings is 1. The van der Waals surface area contributed by atoms with Crippen LogP contribution in [0.15, 0.2) is 30.3 Å². The number of hydrogen-bond donors (Lipinski definition) is 0. The highest BCUT2D eigenvalue weighted by molar-refractivity contribution is 5.36. The first-order chi connectivity index (χ1) is 7.24. The van der Waals surface area contributed by atoms with Crippen molar-refractivity contribution in [3.8, 4) is 5.69 Å². The van der Waals surface area contributed by atoms with Crippen LogP contribution in [-0.2, 0) is 6.42 Å². The van der Waals surface area contributed by atoms with E-state index in [1.807, 2.05) is 22.9 Å². The summed E-state index contributed by atoms with van der Waals surface area (Å²) < 4.78 is 2.02. The fraction of sp³-hybridized carbons (Fsp3) is 0.438. The molecular weight excluding hydrogens is 220 g/mol. The third-order valence-electron chi connectivity index (χ3n) is 2.80. The van der Waals surface area contributed by atoms with Crippen LogP contribution in [0.3, 0.4) is 0 Å². The van der Waals surface area contributed by atoms with Gasteiger partial charge < -0.3 is 0 Å². The van der Waals surface area contributed by atoms with Crippen LogP contribution in [-0.4, -0.2) is 9.78 Å². The zero-order valence-electron chi connectivity index (χ0n) is 9.49. The van der Waals surface area contributed by atoms with Crippen LogP contribution >= 0.6 is 0 Å². The van der Waals surface area contributed by atoms with E-state index in [1.165, 1.54) is 11.3 Å². The summed E-state index contributed by atoms with van der Waals surface area (Å²) in [7, 11) is 0. The van der Waals surface area contributed by atoms with E-state index in [9.17, 15) is 0 Å². The van der Waals surface area contributed by atoms with Crippen LogP contribution in [0.1, 0.15) is 46.2 Å². The Kier molecular flexibility index (Phi) is 8.03. The van der Waals surface area contributed by atoms with Crippen molar-refractivity contribution in [2.75, 3.05) is 0 Å². The largest absolute Gasteiger partial charge is 0.238 e. The Labute approximate surface area is 113 Å². The molecule has 2 heteroatoms. The molecule has 0 fully saturated rings. The average Bonchev–Trinajstić information content (AvgIpc) is 2.55. The second-order valence-corrected chi connectivity index (χ2v) is 3.75. The number of aryl methyl sites for hydroxylation is 1. The average molecular weight is 248 g/mol. The number of para-hydroxylation sites is 1. The van der Waals surface area contributed by atoms with Crippen molar-refractivity contribution in [3.63, 3.8) is 0 Å². The van der Waals surface area contributed by atoms with E-state index in [2.05, 4.69) is 38.0 Å². The predicted molar refractivity (Wildman–Crippen MR) is 82.6 cm³/mol. The Morgan fingerprint density at radius 2 is 1.56 bits per heavy atom. The summed E-state index contributed by atoms with van der Waals surface area (Å²) in [5.41, 5.74) is 4.89. The smallest absolute Gasteiger partial charge is 0.0648 e. The van der Waals surface area contributed by atoms with Crippen molar-refractivity contribution in [1.29, 1.82) is 0 Å². The molecule has 0 aliphatic heterocycles. The van der Waals surface area contributed by atoms with Crippen molar-refractivity contribution in [2.45, 2.75) is 49.5 Å². The summed E-state index contributed by atoms with van der Waals surface area (Å²) in [6.07, 6.45) is 1.05. The minimum absolute atomic E-state index is 0. The number of aromatic nitrogens is 2. The number of rotatable bonds is 2. The van der Waals surface area contributed by atoms with Crippen LogP contribution in [0.5, 0.6) is 0 Å². The molecule has 102 valence electrons. The Balaban J connectivity index is 0. The molecule has 2 aromatic rings. The van der Waals surface area contributed by atoms with Gasteiger partial charge in [0, 0.05) is 5.69 Å². The summed E-state index contributed by atoms with van der Waals surface area (Å²) in [4.78, 5) is 0. The van der Waals surface area contributed by atoms with Gasteiger partial charge in [0.2, 0.25) is 0 Å². The molecule has 0 amide bonds. The molecule has 0 bridgehead atoms. The second-order valence-electron chi connectivity index (χ2n) is 3.75. The summed E-state index contributed by atoms with van der Waals surface area (Å²) in [5, 5.41) is 4.57. The van der Waals surface area contributed by atoms with Crippen molar-refractivity contribution >= 4 is 0 Å². The molecule has 0 saturated heterocycles. The van der Waals surface area contributed by atoms with Gasteiger partial charge in [0.15, 0.2) is 0 Å². The van der Waals surface area contributed by atoms with Gasteiger partial charge in [-0.15, -0.1) is 0 Å². The van der Waals surface area contributed by atoms with Crippen LogP contribution in [0.4, 0.5) is 0 Å². The van der Waals surface area contributed by atoms with Gasteiger partial charge in [0.25, 0.3) is 0 Å². The molecule has 0 aliphatic rings. The standard InChI is InChI=1S/C13H16N2.3CH4/c1-4-13-10(2)14-15(11(13)3)12-8-6-5-7-9-12;;;/h5-9H,4H2,1-3H3;3*1H4. The molecule has 2 nitrogen and oxygen atoms in total. The zero-order valence-corrected chi connectivity index (χ0v) is 9.49. The molecule has 0 saturated carbocycles. The van der Waals surface area contributed by atoms with Gasteiger partial charge >= 0.3 is 0 Å². The number of nitrogens with zero attached hydrogens (tertiary/aromatic N) is 2. The minimum atomic E-state index is 0. The van der Waals surface area contributed by atoms with Crippen molar-refractivity contribution in [2.24, 2.45) is 0 Å². The maximum Gasteiger partial charge on any atom is 0.0648 e. The molecule has 0 spiro atoms. The lowest BCUT2D eigenvalue weighted by atomic mass is 10.1. The van der Waals surface area contributed by atoms with Gasteiger partial charge in [-0.1, -0.05) is 47.4 Å². The second kappa shape index (κ2) is 7.70. The van der Waals surface area contributed by atoms with Gasteiger partial charge in [-0.2, -0.15) is 5.10 Å². The molecule has 0 unspecified atom stereocenters. The molecule has 0 atom stereocenters. The third-order valence-corrected chi connectivity index (χ3v) is 2.80. The van der Waals surface area contributed by atoms with E-state index in [0.717, 1.165) is 17.8 Å². The van der Waals surface area contributed by atoms with E-state index >= 15 is 0 Å². The first-order valence-corrected chi connectivity index (χ1v) is 5.34. The Hall–Kier alpha value is -1.57. The molecule has 18 heavy (non-hydrogen) atoms. The third kappa shape index (κ3) is 3.22. The van der Waals surface area contributed by atoms with E-state index < -0.39 is 0 Å². The highest BCUT2D eigenvalue weighted by Gasteiger charge is 2.10. The van der Waals surface area contributed by atoms with Gasteiger partial charge in [-0.05, 0) is 38.0 Å². The van der Waals surface area contributed by atoms with Crippen LogP contribution in [0, 0.1) is 13.8 Å². The van der Waals surface area contributed by atoms with Crippen LogP contribution in [0.2, 0.25) is 0 Å². The fourth-order valence-corrected chi connectivity index (χ4v) is 2.01. The van der Waals surface area contributed by atoms with Crippen molar-refractivity contribution in [1.82, 2.24) is 9.78 Å². The highest BCUT2D eigenvalue weighted by atomic mass is 15.3. The van der Waals surface area contributed by atoms with E-state index in [1.54, 1.807) is 0 Å². The highest BCUT2D eigenvalue weighted by Crippen LogP contribution is 2.17. The molecule has 0 aliphatic carbocycles. The summed E-state index contributed by atoms with van der Waals surface area (Å²) in [5.74, 6) is 0. The van der Waals surface area contributed by atoms with E-state index in [0.29, 0.717) is 0 Å². The molecule has 1 aromatic carbocycles. The summed E-state index contributed by atoms with van der Waals surface area (Å²) in [6.45, 7) is 6.38. The molecular formula is C16H28N2.